The molecule has 1 atom stereocenters. The summed E-state index contributed by atoms with van der Waals surface area (Å²) in [6.45, 7) is 4.94. The highest BCUT2D eigenvalue weighted by molar-refractivity contribution is 5.03. The molecule has 12 heavy (non-hydrogen) atoms. The normalized spacial score (nSPS) is 22.7. The number of rotatable bonds is 3. The maximum atomic E-state index is 4.84. The van der Waals surface area contributed by atoms with Crippen LogP contribution in [0.5, 0.6) is 0 Å². The van der Waals surface area contributed by atoms with Gasteiger partial charge in [-0.1, -0.05) is 18.8 Å². The van der Waals surface area contributed by atoms with Gasteiger partial charge in [0.25, 0.3) is 0 Å². The molecule has 2 heteroatoms. The first-order valence-corrected chi connectivity index (χ1v) is 4.57. The molecular weight excluding hydrogens is 150 g/mol. The molecule has 0 saturated carbocycles. The third-order valence-electron chi connectivity index (χ3n) is 2.36. The Balaban J connectivity index is 2.12. The molecule has 1 aliphatic rings. The van der Waals surface area contributed by atoms with Gasteiger partial charge >= 0.3 is 0 Å². The van der Waals surface area contributed by atoms with E-state index in [-0.39, 0.29) is 0 Å². The van der Waals surface area contributed by atoms with Crippen LogP contribution in [-0.2, 0) is 4.74 Å². The van der Waals surface area contributed by atoms with Crippen LogP contribution in [0.25, 0.3) is 0 Å². The molecular formula is C10H17NO. The summed E-state index contributed by atoms with van der Waals surface area (Å²) in [5.74, 6) is 6.07. The molecule has 2 nitrogen and oxygen atoms in total. The van der Waals surface area contributed by atoms with Crippen LogP contribution in [0.3, 0.4) is 0 Å². The monoisotopic (exact) mass is 167 g/mol. The highest BCUT2D eigenvalue weighted by Gasteiger charge is 2.24. The lowest BCUT2D eigenvalue weighted by Crippen LogP contribution is -2.47. The van der Waals surface area contributed by atoms with Crippen LogP contribution in [0.1, 0.15) is 19.8 Å². The van der Waals surface area contributed by atoms with Crippen LogP contribution in [0.4, 0.5) is 0 Å². The molecule has 0 aromatic heterocycles. The van der Waals surface area contributed by atoms with Gasteiger partial charge < -0.3 is 4.74 Å². The van der Waals surface area contributed by atoms with Crippen molar-refractivity contribution in [2.45, 2.75) is 25.8 Å². The highest BCUT2D eigenvalue weighted by Crippen LogP contribution is 2.18. The minimum atomic E-state index is 0.560. The predicted molar refractivity (Wildman–Crippen MR) is 49.9 cm³/mol. The zero-order valence-corrected chi connectivity index (χ0v) is 7.97. The van der Waals surface area contributed by atoms with Crippen LogP contribution in [0.15, 0.2) is 0 Å². The van der Waals surface area contributed by atoms with E-state index in [9.17, 15) is 0 Å². The van der Waals surface area contributed by atoms with Gasteiger partial charge in [-0.25, -0.2) is 0 Å². The third-order valence-corrected chi connectivity index (χ3v) is 2.36. The van der Waals surface area contributed by atoms with Crippen LogP contribution < -0.4 is 0 Å². The van der Waals surface area contributed by atoms with E-state index >= 15 is 0 Å². The van der Waals surface area contributed by atoms with Gasteiger partial charge in [0.05, 0.1) is 6.54 Å². The van der Waals surface area contributed by atoms with Gasteiger partial charge in [-0.05, 0) is 12.8 Å². The first-order chi connectivity index (χ1) is 5.88. The summed E-state index contributed by atoms with van der Waals surface area (Å²) in [6.07, 6.45) is 2.61. The van der Waals surface area contributed by atoms with Crippen LogP contribution >= 0.6 is 0 Å². The molecule has 0 aliphatic carbocycles. The summed E-state index contributed by atoms with van der Waals surface area (Å²) in [5, 5.41) is 0. The molecule has 0 N–H and O–H groups in total. The zero-order valence-electron chi connectivity index (χ0n) is 7.97. The number of ether oxygens (including phenoxy) is 1. The molecule has 0 aromatic carbocycles. The Hall–Kier alpha value is -0.520. The van der Waals surface area contributed by atoms with Crippen LogP contribution in [-0.4, -0.2) is 37.7 Å². The summed E-state index contributed by atoms with van der Waals surface area (Å²) < 4.78 is 4.84. The van der Waals surface area contributed by atoms with Gasteiger partial charge in [0.15, 0.2) is 0 Å². The Kier molecular flexibility index (Phi) is 4.13. The van der Waals surface area contributed by atoms with E-state index in [0.29, 0.717) is 6.61 Å². The zero-order chi connectivity index (χ0) is 8.81. The first-order valence-electron chi connectivity index (χ1n) is 4.57. The molecule has 1 unspecified atom stereocenters. The van der Waals surface area contributed by atoms with Crippen LogP contribution in [0.2, 0.25) is 0 Å². The molecule has 0 aromatic rings. The molecule has 0 spiro atoms. The lowest BCUT2D eigenvalue weighted by atomic mass is 10.0. The van der Waals surface area contributed by atoms with E-state index in [2.05, 4.69) is 23.7 Å². The lowest BCUT2D eigenvalue weighted by Gasteiger charge is -2.39. The van der Waals surface area contributed by atoms with Crippen LogP contribution in [0, 0.1) is 11.8 Å². The fourth-order valence-corrected chi connectivity index (χ4v) is 1.45. The standard InChI is InChI=1S/C10H17NO/c1-3-10-6-8-11(10)7-4-5-9-12-2/h10H,3,6-9H2,1-2H3. The third kappa shape index (κ3) is 2.51. The maximum absolute atomic E-state index is 4.84. The van der Waals surface area contributed by atoms with E-state index in [1.54, 1.807) is 7.11 Å². The topological polar surface area (TPSA) is 12.5 Å². The smallest absolute Gasteiger partial charge is 0.107 e. The van der Waals surface area contributed by atoms with E-state index in [0.717, 1.165) is 12.6 Å². The molecule has 0 amide bonds. The van der Waals surface area contributed by atoms with Gasteiger partial charge in [0, 0.05) is 19.7 Å². The fraction of sp³-hybridized carbons (Fsp3) is 0.800. The molecule has 1 fully saturated rings. The number of hydrogen-bond acceptors (Lipinski definition) is 2. The largest absolute Gasteiger partial charge is 0.372 e. The Bertz CT molecular complexity index is 178. The SMILES string of the molecule is CCC1CCN1CC#CCOC. The summed E-state index contributed by atoms with van der Waals surface area (Å²) in [5.41, 5.74) is 0. The number of nitrogens with zero attached hydrogens (tertiary/aromatic N) is 1. The van der Waals surface area contributed by atoms with Gasteiger partial charge in [0.1, 0.15) is 6.61 Å². The number of methoxy groups -OCH3 is 1. The van der Waals surface area contributed by atoms with Crippen molar-refractivity contribution in [1.82, 2.24) is 4.90 Å². The van der Waals surface area contributed by atoms with Crippen molar-refractivity contribution in [3.63, 3.8) is 0 Å². The summed E-state index contributed by atoms with van der Waals surface area (Å²) >= 11 is 0. The molecule has 68 valence electrons. The lowest BCUT2D eigenvalue weighted by molar-refractivity contribution is 0.106. The minimum absolute atomic E-state index is 0.560. The second kappa shape index (κ2) is 5.18. The summed E-state index contributed by atoms with van der Waals surface area (Å²) in [4.78, 5) is 2.42. The van der Waals surface area contributed by atoms with Gasteiger partial charge in [0.2, 0.25) is 0 Å². The van der Waals surface area contributed by atoms with Crippen molar-refractivity contribution in [3.05, 3.63) is 0 Å². The van der Waals surface area contributed by atoms with Crippen molar-refractivity contribution in [2.24, 2.45) is 0 Å². The molecule has 1 aliphatic heterocycles. The second-order valence-electron chi connectivity index (χ2n) is 3.11. The molecule has 0 radical (unpaired) electrons. The fourth-order valence-electron chi connectivity index (χ4n) is 1.45. The van der Waals surface area contributed by atoms with Crippen molar-refractivity contribution < 1.29 is 4.74 Å². The van der Waals surface area contributed by atoms with Gasteiger partial charge in [-0.3, -0.25) is 4.90 Å². The van der Waals surface area contributed by atoms with Crippen molar-refractivity contribution >= 4 is 0 Å². The molecule has 0 bridgehead atoms. The average Bonchev–Trinajstić information content (AvgIpc) is 2.03. The van der Waals surface area contributed by atoms with E-state index in [4.69, 9.17) is 4.74 Å². The van der Waals surface area contributed by atoms with Crippen molar-refractivity contribution in [1.29, 1.82) is 0 Å². The van der Waals surface area contributed by atoms with Crippen molar-refractivity contribution in [2.75, 3.05) is 26.8 Å². The molecule has 1 saturated heterocycles. The Labute approximate surface area is 74.9 Å². The van der Waals surface area contributed by atoms with E-state index < -0.39 is 0 Å². The molecule has 1 heterocycles. The quantitative estimate of drug-likeness (QED) is 0.584. The van der Waals surface area contributed by atoms with E-state index in [1.807, 2.05) is 0 Å². The second-order valence-corrected chi connectivity index (χ2v) is 3.11. The number of hydrogen-bond donors (Lipinski definition) is 0. The average molecular weight is 167 g/mol. The minimum Gasteiger partial charge on any atom is -0.372 e. The highest BCUT2D eigenvalue weighted by atomic mass is 16.5. The van der Waals surface area contributed by atoms with Crippen molar-refractivity contribution in [3.8, 4) is 11.8 Å². The van der Waals surface area contributed by atoms with Gasteiger partial charge in [-0.15, -0.1) is 0 Å². The Morgan fingerprint density at radius 3 is 2.83 bits per heavy atom. The number of likely N-dealkylation sites (tertiary alicyclic amines) is 1. The summed E-state index contributed by atoms with van der Waals surface area (Å²) in [6, 6.07) is 0.793. The molecule has 1 rings (SSSR count). The Morgan fingerprint density at radius 1 is 1.50 bits per heavy atom. The maximum Gasteiger partial charge on any atom is 0.107 e. The first kappa shape index (κ1) is 9.57. The predicted octanol–water partition coefficient (Wildman–Crippen LogP) is 1.12. The van der Waals surface area contributed by atoms with Gasteiger partial charge in [-0.2, -0.15) is 0 Å². The Morgan fingerprint density at radius 2 is 2.33 bits per heavy atom. The van der Waals surface area contributed by atoms with E-state index in [1.165, 1.54) is 19.4 Å². The summed E-state index contributed by atoms with van der Waals surface area (Å²) in [7, 11) is 1.67.